The molecule has 0 N–H and O–H groups in total. The summed E-state index contributed by atoms with van der Waals surface area (Å²) in [6, 6.07) is 130. The first-order valence-corrected chi connectivity index (χ1v) is 38.4. The third-order valence-electron chi connectivity index (χ3n) is 17.9. The number of hydrogen-bond donors (Lipinski definition) is 0. The molecule has 0 saturated carbocycles. The number of allylic oxidation sites excluding steroid dienone is 1. The van der Waals surface area contributed by atoms with Gasteiger partial charge in [-0.2, -0.15) is 0 Å². The molecule has 11 aromatic carbocycles. The summed E-state index contributed by atoms with van der Waals surface area (Å²) in [5, 5.41) is 2.43. The van der Waals surface area contributed by atoms with Crippen LogP contribution in [0.3, 0.4) is 0 Å². The van der Waals surface area contributed by atoms with Gasteiger partial charge in [0.05, 0.1) is 0 Å². The Morgan fingerprint density at radius 3 is 0.820 bits per heavy atom. The van der Waals surface area contributed by atoms with Crippen molar-refractivity contribution in [2.45, 2.75) is 11.7 Å². The lowest BCUT2D eigenvalue weighted by atomic mass is 10.0. The van der Waals surface area contributed by atoms with Crippen molar-refractivity contribution in [1.29, 1.82) is 0 Å². The SMILES string of the molecule is C1=C(c2cc(N(c3ccccc3)c3ccccc3)cc(N(c3ccccc3)c3ccccc3)c2)SC(c2ccc(-c3cc(-c4ccc(-c5cccs5)s4)cc(-c4ccc(-c5ccc(-c6cc(N(c7ccccc7)c7ccccc7)cc(N(c7ccccc7)c7ccccc7)c6)s5)s4)c3)s2)C1. The van der Waals surface area contributed by atoms with Gasteiger partial charge in [0.25, 0.3) is 0 Å². The highest BCUT2D eigenvalue weighted by molar-refractivity contribution is 8.08. The summed E-state index contributed by atoms with van der Waals surface area (Å²) in [5.41, 5.74) is 19.1. The maximum Gasteiger partial charge on any atom is 0.0488 e. The molecule has 0 saturated heterocycles. The number of thioether (sulfide) groups is 1. The molecule has 1 aliphatic rings. The van der Waals surface area contributed by atoms with Gasteiger partial charge in [-0.3, -0.25) is 0 Å². The van der Waals surface area contributed by atoms with Crippen LogP contribution in [0.4, 0.5) is 68.2 Å². The van der Waals surface area contributed by atoms with E-state index in [1.807, 2.05) is 57.1 Å². The summed E-state index contributed by atoms with van der Waals surface area (Å²) in [4.78, 5) is 22.2. The number of thiophene rings is 5. The molecule has 1 aliphatic heterocycles. The van der Waals surface area contributed by atoms with Crippen LogP contribution in [0.1, 0.15) is 22.1 Å². The van der Waals surface area contributed by atoms with Crippen LogP contribution in [0.2, 0.25) is 0 Å². The fraction of sp³-hybridized carbons (Fsp3) is 0.0222. The van der Waals surface area contributed by atoms with Crippen LogP contribution < -0.4 is 19.6 Å². The van der Waals surface area contributed by atoms with Crippen LogP contribution in [0.25, 0.3) is 66.2 Å². The third kappa shape index (κ3) is 13.2. The van der Waals surface area contributed by atoms with E-state index in [1.165, 1.54) is 71.1 Å². The van der Waals surface area contributed by atoms with E-state index in [0.29, 0.717) is 0 Å². The van der Waals surface area contributed by atoms with Crippen molar-refractivity contribution in [3.8, 4) is 61.3 Å². The second-order valence-corrected chi connectivity index (χ2v) is 30.9. The molecule has 0 bridgehead atoms. The van der Waals surface area contributed by atoms with E-state index < -0.39 is 0 Å². The molecule has 16 aromatic rings. The number of para-hydroxylation sites is 8. The lowest BCUT2D eigenvalue weighted by Gasteiger charge is -2.30. The zero-order valence-corrected chi connectivity index (χ0v) is 59.1. The summed E-state index contributed by atoms with van der Waals surface area (Å²) in [6.07, 6.45) is 3.40. The van der Waals surface area contributed by atoms with Gasteiger partial charge in [-0.15, -0.1) is 68.4 Å². The molecule has 1 atom stereocenters. The Morgan fingerprint density at radius 2 is 0.500 bits per heavy atom. The normalized spacial score (nSPS) is 12.7. The highest BCUT2D eigenvalue weighted by Crippen LogP contribution is 2.54. The number of nitrogens with zero attached hydrogens (tertiary/aromatic N) is 4. The predicted octanol–water partition coefficient (Wildman–Crippen LogP) is 29.1. The molecular formula is C90H64N4S6. The van der Waals surface area contributed by atoms with Crippen LogP contribution >= 0.6 is 68.4 Å². The molecule has 1 unspecified atom stereocenters. The third-order valence-corrected chi connectivity index (χ3v) is 25.3. The Morgan fingerprint density at radius 1 is 0.220 bits per heavy atom. The molecule has 6 heterocycles. The van der Waals surface area contributed by atoms with E-state index in [0.717, 1.165) is 80.2 Å². The van der Waals surface area contributed by atoms with Gasteiger partial charge in [-0.25, -0.2) is 0 Å². The maximum absolute atomic E-state index is 2.47. The van der Waals surface area contributed by atoms with Crippen LogP contribution in [0.15, 0.2) is 369 Å². The lowest BCUT2D eigenvalue weighted by Crippen LogP contribution is -2.13. The molecule has 5 aromatic heterocycles. The van der Waals surface area contributed by atoms with Gasteiger partial charge >= 0.3 is 0 Å². The topological polar surface area (TPSA) is 13.0 Å². The number of anilines is 12. The molecular weight excluding hydrogens is 1330 g/mol. The average molecular weight is 1390 g/mol. The molecule has 0 radical (unpaired) electrons. The van der Waals surface area contributed by atoms with Crippen molar-refractivity contribution < 1.29 is 0 Å². The summed E-state index contributed by atoms with van der Waals surface area (Å²) >= 11 is 11.3. The first kappa shape index (κ1) is 62.7. The Bertz CT molecular complexity index is 5080. The van der Waals surface area contributed by atoms with Crippen LogP contribution in [0, 0.1) is 0 Å². The molecule has 4 nitrogen and oxygen atoms in total. The minimum absolute atomic E-state index is 0.260. The Kier molecular flexibility index (Phi) is 17.9. The summed E-state index contributed by atoms with van der Waals surface area (Å²) in [6.45, 7) is 0. The fourth-order valence-corrected chi connectivity index (χ4v) is 19.6. The van der Waals surface area contributed by atoms with Gasteiger partial charge in [0.2, 0.25) is 0 Å². The van der Waals surface area contributed by atoms with Crippen molar-refractivity contribution >= 4 is 142 Å². The average Bonchev–Trinajstić information content (AvgIpc) is 1.56. The smallest absolute Gasteiger partial charge is 0.0488 e. The molecule has 100 heavy (non-hydrogen) atoms. The Balaban J connectivity index is 0.712. The monoisotopic (exact) mass is 1390 g/mol. The van der Waals surface area contributed by atoms with E-state index >= 15 is 0 Å². The molecule has 0 spiro atoms. The number of benzene rings is 11. The van der Waals surface area contributed by atoms with Gasteiger partial charge in [0.15, 0.2) is 0 Å². The Hall–Kier alpha value is -10.8. The fourth-order valence-electron chi connectivity index (χ4n) is 13.3. The van der Waals surface area contributed by atoms with Crippen molar-refractivity contribution in [2.24, 2.45) is 0 Å². The van der Waals surface area contributed by atoms with E-state index in [-0.39, 0.29) is 5.25 Å². The van der Waals surface area contributed by atoms with Crippen LogP contribution in [-0.4, -0.2) is 0 Å². The minimum atomic E-state index is 0.260. The lowest BCUT2D eigenvalue weighted by molar-refractivity contribution is 1.02. The van der Waals surface area contributed by atoms with Crippen LogP contribution in [0.5, 0.6) is 0 Å². The van der Waals surface area contributed by atoms with E-state index in [1.54, 1.807) is 11.3 Å². The van der Waals surface area contributed by atoms with Crippen molar-refractivity contribution in [1.82, 2.24) is 0 Å². The van der Waals surface area contributed by atoms with E-state index in [2.05, 4.69) is 389 Å². The largest absolute Gasteiger partial charge is 0.310 e. The van der Waals surface area contributed by atoms with E-state index in [4.69, 9.17) is 0 Å². The number of rotatable bonds is 20. The standard InChI is InChI=1S/C90H64N4S6/c1-9-26-68(27-10-1)91(69-28-11-2-12-29-69)76-57-66(58-77(61-76)92(70-30-13-3-14-31-70)71-32-15-4-16-33-71)83-46-51-89(99-83)87-49-44-81(97-87)64-54-63(80-43-48-86(96-80)85-42-25-53-95-85)55-65(56-64)82-45-50-88(98-82)90-52-47-84(100-90)67-59-78(93(72-34-17-5-18-35-72)73-36-19-6-20-37-73)62-79(60-67)94(74-38-21-7-22-39-74)75-40-23-8-24-41-75/h1-51,53-62,90H,52H2. The molecule has 17 rings (SSSR count). The molecule has 480 valence electrons. The van der Waals surface area contributed by atoms with Crippen LogP contribution in [-0.2, 0) is 0 Å². The van der Waals surface area contributed by atoms with Crippen molar-refractivity contribution in [3.63, 3.8) is 0 Å². The van der Waals surface area contributed by atoms with Crippen molar-refractivity contribution in [3.05, 3.63) is 380 Å². The maximum atomic E-state index is 2.47. The van der Waals surface area contributed by atoms with Gasteiger partial charge in [-0.05, 0) is 246 Å². The van der Waals surface area contributed by atoms with Crippen molar-refractivity contribution in [2.75, 3.05) is 19.6 Å². The molecule has 10 heteroatoms. The first-order valence-electron chi connectivity index (χ1n) is 33.4. The molecule has 0 fully saturated rings. The zero-order chi connectivity index (χ0) is 66.6. The molecule has 0 amide bonds. The second kappa shape index (κ2) is 28.6. The first-order chi connectivity index (χ1) is 49.5. The number of hydrogen-bond acceptors (Lipinski definition) is 10. The second-order valence-electron chi connectivity index (χ2n) is 24.4. The van der Waals surface area contributed by atoms with Gasteiger partial charge in [-0.1, -0.05) is 158 Å². The summed E-state index contributed by atoms with van der Waals surface area (Å²) in [7, 11) is 0. The minimum Gasteiger partial charge on any atom is -0.310 e. The predicted molar refractivity (Wildman–Crippen MR) is 437 cm³/mol. The summed E-state index contributed by atoms with van der Waals surface area (Å²) < 4.78 is 0. The van der Waals surface area contributed by atoms with Gasteiger partial charge < -0.3 is 19.6 Å². The Labute approximate surface area is 608 Å². The highest BCUT2D eigenvalue weighted by Gasteiger charge is 2.27. The van der Waals surface area contributed by atoms with Gasteiger partial charge in [0.1, 0.15) is 0 Å². The highest BCUT2D eigenvalue weighted by atomic mass is 32.2. The summed E-state index contributed by atoms with van der Waals surface area (Å²) in [5.74, 6) is 0. The van der Waals surface area contributed by atoms with Gasteiger partial charge in [0, 0.05) is 122 Å². The van der Waals surface area contributed by atoms with E-state index in [9.17, 15) is 0 Å². The quantitative estimate of drug-likeness (QED) is 0.0752. The zero-order valence-electron chi connectivity index (χ0n) is 54.2. The molecule has 0 aliphatic carbocycles.